The summed E-state index contributed by atoms with van der Waals surface area (Å²) in [5.74, 6) is -5.14. The molecule has 2 saturated carbocycles. The number of aliphatic hydroxyl groups excluding tert-OH is 4. The van der Waals surface area contributed by atoms with Gasteiger partial charge in [-0.25, -0.2) is 9.59 Å². The van der Waals surface area contributed by atoms with Gasteiger partial charge in [0.1, 0.15) is 35.6 Å². The minimum atomic E-state index is -2.25. The number of ketones is 1. The van der Waals surface area contributed by atoms with Crippen LogP contribution in [0, 0.1) is 17.3 Å². The van der Waals surface area contributed by atoms with Crippen molar-refractivity contribution in [2.45, 2.75) is 127 Å². The second kappa shape index (κ2) is 15.5. The first-order valence-corrected chi connectivity index (χ1v) is 19.1. The van der Waals surface area contributed by atoms with Gasteiger partial charge in [0, 0.05) is 25.7 Å². The normalized spacial score (nSPS) is 35.2. The van der Waals surface area contributed by atoms with Crippen molar-refractivity contribution >= 4 is 23.8 Å². The summed E-state index contributed by atoms with van der Waals surface area (Å²) in [6.07, 6.45) is -12.9. The lowest BCUT2D eigenvalue weighted by Crippen LogP contribution is -2.81. The fourth-order valence-electron chi connectivity index (χ4n) is 9.31. The Morgan fingerprint density at radius 1 is 1.00 bits per heavy atom. The topological polar surface area (TPSA) is 228 Å². The van der Waals surface area contributed by atoms with Crippen molar-refractivity contribution in [2.75, 3.05) is 6.61 Å². The molecule has 6 rings (SSSR count). The van der Waals surface area contributed by atoms with Crippen molar-refractivity contribution in [3.63, 3.8) is 0 Å². The molecule has 1 saturated heterocycles. The van der Waals surface area contributed by atoms with Gasteiger partial charge in [-0.2, -0.15) is 0 Å². The van der Waals surface area contributed by atoms with Crippen molar-refractivity contribution in [2.24, 2.45) is 17.3 Å². The van der Waals surface area contributed by atoms with Crippen LogP contribution in [0.25, 0.3) is 0 Å². The number of nitrogens with one attached hydrogen (secondary N) is 1. The molecule has 15 nitrogen and oxygen atoms in total. The highest BCUT2D eigenvalue weighted by Gasteiger charge is 2.76. The van der Waals surface area contributed by atoms with E-state index in [1.807, 2.05) is 0 Å². The Hall–Kier alpha value is -4.22. The number of alkyl carbamates (subject to hydrolysis) is 1. The molecule has 1 heterocycles. The predicted octanol–water partition coefficient (Wildman–Crippen LogP) is 2.66. The first-order valence-electron chi connectivity index (χ1n) is 19.1. The summed E-state index contributed by atoms with van der Waals surface area (Å²) in [5.41, 5.74) is -6.09. The van der Waals surface area contributed by atoms with E-state index >= 15 is 0 Å². The molecule has 0 spiro atoms. The molecular weight excluding hydrogens is 742 g/mol. The molecule has 0 radical (unpaired) electrons. The van der Waals surface area contributed by atoms with E-state index in [1.165, 1.54) is 19.1 Å². The standard InChI is InChI=1S/C42H53NO14/c1-21-26(54-37(50)32(47)30(24-14-10-8-11-15-24)43-38(51)57-39(4,5)6)19-41(52)22(2)29(21)31(46)34(48)40(7)27(45)18-28-42(20-53-28,56-23(3)44)33(40)35(41)55-36(49)25-16-12-9-13-17-25/h8-17,22,26-28,30-33,35,37,45-47,50,52H,18-20H2,1-7H3,(H,43,51)/t22?,26-,27-,28+,30-,31+,32+,33-,35-,37?,40+,41-,42-/m0/s1. The molecule has 3 fully saturated rings. The number of benzene rings is 2. The van der Waals surface area contributed by atoms with Crippen LogP contribution in [-0.4, -0.2) is 116 Å². The van der Waals surface area contributed by atoms with Crippen LogP contribution in [0.4, 0.5) is 4.79 Å². The van der Waals surface area contributed by atoms with E-state index in [0.717, 1.165) is 6.92 Å². The van der Waals surface area contributed by atoms with Gasteiger partial charge >= 0.3 is 18.0 Å². The predicted molar refractivity (Wildman–Crippen MR) is 200 cm³/mol. The fraction of sp³-hybridized carbons (Fsp3) is 0.571. The molecule has 2 aromatic carbocycles. The van der Waals surface area contributed by atoms with E-state index in [2.05, 4.69) is 5.32 Å². The molecule has 57 heavy (non-hydrogen) atoms. The average molecular weight is 796 g/mol. The van der Waals surface area contributed by atoms with E-state index in [9.17, 15) is 44.7 Å². The van der Waals surface area contributed by atoms with Crippen molar-refractivity contribution in [3.8, 4) is 0 Å². The third-order valence-corrected chi connectivity index (χ3v) is 12.2. The van der Waals surface area contributed by atoms with Crippen molar-refractivity contribution in [3.05, 3.63) is 82.9 Å². The monoisotopic (exact) mass is 795 g/mol. The maximum absolute atomic E-state index is 14.8. The molecule has 1 aliphatic heterocycles. The van der Waals surface area contributed by atoms with Gasteiger partial charge in [0.2, 0.25) is 0 Å². The average Bonchev–Trinajstić information content (AvgIpc) is 3.15. The van der Waals surface area contributed by atoms with Crippen LogP contribution >= 0.6 is 0 Å². The largest absolute Gasteiger partial charge is 0.455 e. The fourth-order valence-corrected chi connectivity index (χ4v) is 9.31. The van der Waals surface area contributed by atoms with Crippen LogP contribution in [0.15, 0.2) is 71.8 Å². The lowest BCUT2D eigenvalue weighted by Gasteiger charge is -2.66. The number of amides is 1. The Kier molecular flexibility index (Phi) is 11.5. The zero-order valence-electron chi connectivity index (χ0n) is 33.1. The third kappa shape index (κ3) is 7.50. The molecule has 4 aliphatic rings. The molecule has 3 aliphatic carbocycles. The van der Waals surface area contributed by atoms with Gasteiger partial charge in [-0.3, -0.25) is 9.59 Å². The zero-order valence-corrected chi connectivity index (χ0v) is 33.1. The lowest BCUT2D eigenvalue weighted by molar-refractivity contribution is -0.343. The summed E-state index contributed by atoms with van der Waals surface area (Å²) in [7, 11) is 0. The first kappa shape index (κ1) is 42.4. The van der Waals surface area contributed by atoms with Crippen molar-refractivity contribution < 1.29 is 68.4 Å². The summed E-state index contributed by atoms with van der Waals surface area (Å²) in [6.45, 7) is 10.4. The van der Waals surface area contributed by atoms with Gasteiger partial charge in [-0.1, -0.05) is 55.5 Å². The van der Waals surface area contributed by atoms with Gasteiger partial charge in [0.05, 0.1) is 41.8 Å². The minimum absolute atomic E-state index is 0.00640. The van der Waals surface area contributed by atoms with Crippen molar-refractivity contribution in [1.29, 1.82) is 0 Å². The van der Waals surface area contributed by atoms with Crippen molar-refractivity contribution in [1.82, 2.24) is 5.32 Å². The molecular formula is C42H53NO14. The SMILES string of the molecule is CC(=O)O[C@@]12CO[C@@H]1C[C@H](O)[C@@]1(C)C(=O)[C@H](O)C3=C(C)[C@@H](OC(O)[C@H](O)[C@@H](NC(=O)OC(C)(C)C)c4ccccc4)C[C@](O)(C3C)[C@@H](OC(=O)c3ccccc3)[C@H]21. The molecule has 2 unspecified atom stereocenters. The summed E-state index contributed by atoms with van der Waals surface area (Å²) < 4.78 is 29.6. The van der Waals surface area contributed by atoms with Crippen LogP contribution in [0.3, 0.4) is 0 Å². The minimum Gasteiger partial charge on any atom is -0.455 e. The highest BCUT2D eigenvalue weighted by Crippen LogP contribution is 2.61. The van der Waals surface area contributed by atoms with E-state index in [1.54, 1.807) is 83.1 Å². The van der Waals surface area contributed by atoms with Gasteiger partial charge < -0.3 is 54.5 Å². The van der Waals surface area contributed by atoms with E-state index in [-0.39, 0.29) is 29.7 Å². The number of carbonyl (C=O) groups excluding carboxylic acids is 4. The molecule has 2 bridgehead atoms. The van der Waals surface area contributed by atoms with E-state index < -0.39 is 113 Å². The van der Waals surface area contributed by atoms with Gasteiger partial charge in [0.15, 0.2) is 17.7 Å². The number of rotatable bonds is 9. The molecule has 15 heteroatoms. The number of Topliss-reactive ketones (excluding diaryl/α,β-unsaturated/α-hetero) is 1. The number of fused-ring (bicyclic) bond motifs is 5. The van der Waals surface area contributed by atoms with Crippen LogP contribution in [0.2, 0.25) is 0 Å². The number of esters is 2. The zero-order chi connectivity index (χ0) is 41.8. The number of ether oxygens (including phenoxy) is 5. The molecule has 310 valence electrons. The highest BCUT2D eigenvalue weighted by molar-refractivity contribution is 5.94. The second-order valence-corrected chi connectivity index (χ2v) is 16.9. The Balaban J connectivity index is 1.45. The van der Waals surface area contributed by atoms with Crippen LogP contribution in [-0.2, 0) is 33.3 Å². The summed E-state index contributed by atoms with van der Waals surface area (Å²) in [6, 6.07) is 14.9. The van der Waals surface area contributed by atoms with Gasteiger partial charge in [0.25, 0.3) is 0 Å². The maximum atomic E-state index is 14.8. The lowest BCUT2D eigenvalue weighted by atomic mass is 9.47. The molecule has 1 amide bonds. The highest BCUT2D eigenvalue weighted by atomic mass is 16.6. The Labute approximate surface area is 330 Å². The van der Waals surface area contributed by atoms with E-state index in [4.69, 9.17) is 23.7 Å². The third-order valence-electron chi connectivity index (χ3n) is 12.2. The second-order valence-electron chi connectivity index (χ2n) is 16.9. The van der Waals surface area contributed by atoms with Crippen LogP contribution < -0.4 is 5.32 Å². The summed E-state index contributed by atoms with van der Waals surface area (Å²) in [5, 5.41) is 62.8. The Morgan fingerprint density at radius 3 is 2.18 bits per heavy atom. The number of hydrogen-bond acceptors (Lipinski definition) is 14. The van der Waals surface area contributed by atoms with E-state index in [0.29, 0.717) is 5.56 Å². The Morgan fingerprint density at radius 2 is 1.61 bits per heavy atom. The first-order chi connectivity index (χ1) is 26.7. The molecule has 13 atom stereocenters. The summed E-state index contributed by atoms with van der Waals surface area (Å²) >= 11 is 0. The summed E-state index contributed by atoms with van der Waals surface area (Å²) in [4.78, 5) is 54.6. The quantitative estimate of drug-likeness (QED) is 0.0929. The molecule has 0 aromatic heterocycles. The molecule has 6 N–H and O–H groups in total. The van der Waals surface area contributed by atoms with Gasteiger partial charge in [-0.15, -0.1) is 0 Å². The maximum Gasteiger partial charge on any atom is 0.408 e. The smallest absolute Gasteiger partial charge is 0.408 e. The van der Waals surface area contributed by atoms with Crippen LogP contribution in [0.5, 0.6) is 0 Å². The number of hydrogen-bond donors (Lipinski definition) is 6. The number of aliphatic hydroxyl groups is 5. The Bertz CT molecular complexity index is 1880. The number of carbonyl (C=O) groups is 4. The van der Waals surface area contributed by atoms with Gasteiger partial charge in [-0.05, 0) is 63.5 Å². The van der Waals surface area contributed by atoms with Crippen LogP contribution in [0.1, 0.15) is 83.3 Å². The molecule has 2 aromatic rings.